The molecule has 1 aliphatic heterocycles. The Kier molecular flexibility index (Phi) is 4.03. The number of hydrogen-bond donors (Lipinski definition) is 1. The molecule has 152 valence electrons. The van der Waals surface area contributed by atoms with Crippen LogP contribution in [0.2, 0.25) is 0 Å². The van der Waals surface area contributed by atoms with Crippen LogP contribution in [0.3, 0.4) is 0 Å². The summed E-state index contributed by atoms with van der Waals surface area (Å²) in [6.07, 6.45) is 5.19. The SMILES string of the molecule is CCCn1cc(N2C(=O)C3(Cc4ccc(C(=O)O)cc4C3)c3ccc(F)cc32)cn1. The molecule has 1 spiro atoms. The van der Waals surface area contributed by atoms with Gasteiger partial charge in [0.25, 0.3) is 0 Å². The van der Waals surface area contributed by atoms with Gasteiger partial charge in [0.05, 0.1) is 28.6 Å². The number of aromatic nitrogens is 2. The molecule has 1 aliphatic carbocycles. The number of halogens is 1. The number of carbonyl (C=O) groups is 2. The van der Waals surface area contributed by atoms with Gasteiger partial charge in [-0.25, -0.2) is 9.18 Å². The van der Waals surface area contributed by atoms with Gasteiger partial charge >= 0.3 is 5.97 Å². The molecular weight excluding hydrogens is 385 g/mol. The van der Waals surface area contributed by atoms with E-state index in [1.165, 1.54) is 12.1 Å². The van der Waals surface area contributed by atoms with E-state index in [1.54, 1.807) is 46.2 Å². The number of amides is 1. The lowest BCUT2D eigenvalue weighted by Crippen LogP contribution is -2.39. The topological polar surface area (TPSA) is 75.4 Å². The highest BCUT2D eigenvalue weighted by atomic mass is 19.1. The lowest BCUT2D eigenvalue weighted by molar-refractivity contribution is -0.122. The minimum absolute atomic E-state index is 0.132. The Bertz CT molecular complexity index is 1200. The number of nitrogens with zero attached hydrogens (tertiary/aromatic N) is 3. The normalized spacial score (nSPS) is 19.4. The van der Waals surface area contributed by atoms with Crippen molar-refractivity contribution in [1.82, 2.24) is 9.78 Å². The maximum absolute atomic E-state index is 14.2. The fourth-order valence-corrected chi connectivity index (χ4v) is 4.76. The zero-order chi connectivity index (χ0) is 21.0. The molecule has 2 aromatic carbocycles. The molecule has 0 saturated heterocycles. The Morgan fingerprint density at radius 3 is 2.77 bits per heavy atom. The van der Waals surface area contributed by atoms with Gasteiger partial charge in [-0.1, -0.05) is 19.1 Å². The molecule has 5 rings (SSSR count). The number of aryl methyl sites for hydroxylation is 1. The van der Waals surface area contributed by atoms with E-state index >= 15 is 0 Å². The molecule has 1 atom stereocenters. The minimum Gasteiger partial charge on any atom is -0.478 e. The summed E-state index contributed by atoms with van der Waals surface area (Å²) >= 11 is 0. The van der Waals surface area contributed by atoms with Crippen molar-refractivity contribution in [2.45, 2.75) is 38.1 Å². The predicted octanol–water partition coefficient (Wildman–Crippen LogP) is 3.85. The van der Waals surface area contributed by atoms with Gasteiger partial charge in [0.1, 0.15) is 5.82 Å². The van der Waals surface area contributed by atoms with Gasteiger partial charge in [0.15, 0.2) is 0 Å². The minimum atomic E-state index is -0.996. The zero-order valence-electron chi connectivity index (χ0n) is 16.4. The Morgan fingerprint density at radius 2 is 2.00 bits per heavy atom. The molecule has 0 radical (unpaired) electrons. The third-order valence-corrected chi connectivity index (χ3v) is 6.10. The summed E-state index contributed by atoms with van der Waals surface area (Å²) in [4.78, 5) is 26.7. The summed E-state index contributed by atoms with van der Waals surface area (Å²) in [5.74, 6) is -1.54. The number of anilines is 2. The van der Waals surface area contributed by atoms with Crippen LogP contribution in [0.15, 0.2) is 48.8 Å². The average molecular weight is 405 g/mol. The number of rotatable bonds is 4. The van der Waals surface area contributed by atoms with Crippen molar-refractivity contribution in [1.29, 1.82) is 0 Å². The fraction of sp³-hybridized carbons (Fsp3) is 0.261. The Morgan fingerprint density at radius 1 is 1.20 bits per heavy atom. The maximum Gasteiger partial charge on any atom is 0.335 e. The Hall–Kier alpha value is -3.48. The van der Waals surface area contributed by atoms with E-state index < -0.39 is 17.2 Å². The zero-order valence-corrected chi connectivity index (χ0v) is 16.4. The lowest BCUT2D eigenvalue weighted by atomic mass is 9.79. The van der Waals surface area contributed by atoms with Crippen molar-refractivity contribution >= 4 is 23.3 Å². The highest BCUT2D eigenvalue weighted by Crippen LogP contribution is 2.52. The van der Waals surface area contributed by atoms with E-state index in [4.69, 9.17) is 0 Å². The monoisotopic (exact) mass is 405 g/mol. The second-order valence-corrected chi connectivity index (χ2v) is 7.99. The van der Waals surface area contributed by atoms with E-state index in [-0.39, 0.29) is 11.5 Å². The number of carboxylic acid groups (broad SMARTS) is 1. The molecule has 2 heterocycles. The van der Waals surface area contributed by atoms with Crippen molar-refractivity contribution in [3.63, 3.8) is 0 Å². The lowest BCUT2D eigenvalue weighted by Gasteiger charge is -2.23. The smallest absolute Gasteiger partial charge is 0.335 e. The fourth-order valence-electron chi connectivity index (χ4n) is 4.76. The average Bonchev–Trinajstić information content (AvgIpc) is 3.38. The van der Waals surface area contributed by atoms with Crippen molar-refractivity contribution in [2.75, 3.05) is 4.90 Å². The van der Waals surface area contributed by atoms with Crippen LogP contribution < -0.4 is 4.90 Å². The van der Waals surface area contributed by atoms with Crippen LogP contribution in [0.1, 0.15) is 40.4 Å². The molecule has 0 saturated carbocycles. The van der Waals surface area contributed by atoms with E-state index in [0.717, 1.165) is 29.7 Å². The van der Waals surface area contributed by atoms with Gasteiger partial charge in [-0.3, -0.25) is 14.4 Å². The summed E-state index contributed by atoms with van der Waals surface area (Å²) in [6.45, 7) is 2.77. The van der Waals surface area contributed by atoms with Gasteiger partial charge in [0, 0.05) is 12.7 Å². The van der Waals surface area contributed by atoms with Crippen LogP contribution in [0.25, 0.3) is 0 Å². The van der Waals surface area contributed by atoms with Crippen LogP contribution in [0, 0.1) is 5.82 Å². The first kappa shape index (κ1) is 18.5. The molecule has 0 bridgehead atoms. The molecule has 6 nitrogen and oxygen atoms in total. The van der Waals surface area contributed by atoms with Crippen molar-refractivity contribution in [3.8, 4) is 0 Å². The van der Waals surface area contributed by atoms with Crippen molar-refractivity contribution in [3.05, 3.63) is 76.9 Å². The van der Waals surface area contributed by atoms with Crippen molar-refractivity contribution < 1.29 is 19.1 Å². The van der Waals surface area contributed by atoms with Gasteiger partial charge in [-0.2, -0.15) is 5.10 Å². The van der Waals surface area contributed by atoms with Crippen molar-refractivity contribution in [2.24, 2.45) is 0 Å². The number of carbonyl (C=O) groups excluding carboxylic acids is 1. The Balaban J connectivity index is 1.62. The van der Waals surface area contributed by atoms with E-state index in [9.17, 15) is 19.1 Å². The van der Waals surface area contributed by atoms with Crippen LogP contribution in [-0.4, -0.2) is 26.8 Å². The van der Waals surface area contributed by atoms with Crippen LogP contribution in [0.5, 0.6) is 0 Å². The molecule has 3 aromatic rings. The summed E-state index contributed by atoms with van der Waals surface area (Å²) in [7, 11) is 0. The van der Waals surface area contributed by atoms with Crippen LogP contribution in [-0.2, 0) is 29.6 Å². The van der Waals surface area contributed by atoms with E-state index in [2.05, 4.69) is 5.10 Å². The Labute approximate surface area is 172 Å². The summed E-state index contributed by atoms with van der Waals surface area (Å²) in [5, 5.41) is 13.7. The molecule has 1 aromatic heterocycles. The molecule has 2 aliphatic rings. The van der Waals surface area contributed by atoms with Gasteiger partial charge in [0.2, 0.25) is 5.91 Å². The largest absolute Gasteiger partial charge is 0.478 e. The molecule has 30 heavy (non-hydrogen) atoms. The third kappa shape index (κ3) is 2.58. The summed E-state index contributed by atoms with van der Waals surface area (Å²) in [6, 6.07) is 9.45. The highest BCUT2D eigenvalue weighted by Gasteiger charge is 2.54. The number of carboxylic acids is 1. The number of aromatic carboxylic acids is 1. The van der Waals surface area contributed by atoms with Gasteiger partial charge < -0.3 is 5.11 Å². The molecular formula is C23H20FN3O3. The van der Waals surface area contributed by atoms with Gasteiger partial charge in [-0.15, -0.1) is 0 Å². The predicted molar refractivity (Wildman–Crippen MR) is 109 cm³/mol. The molecule has 1 unspecified atom stereocenters. The molecule has 1 amide bonds. The molecule has 1 N–H and O–H groups in total. The van der Waals surface area contributed by atoms with Crippen LogP contribution in [0.4, 0.5) is 15.8 Å². The first-order valence-corrected chi connectivity index (χ1v) is 9.95. The van der Waals surface area contributed by atoms with Crippen LogP contribution >= 0.6 is 0 Å². The molecule has 0 fully saturated rings. The van der Waals surface area contributed by atoms with E-state index in [1.807, 2.05) is 6.92 Å². The standard InChI is InChI=1S/C23H20FN3O3/c1-2-7-26-13-18(12-25-26)27-20-9-17(24)5-6-19(20)23(22(27)30)10-15-4-3-14(21(28)29)8-16(15)11-23/h3-6,8-9,12-13H,2,7,10-11H2,1H3,(H,28,29). The first-order chi connectivity index (χ1) is 14.4. The quantitative estimate of drug-likeness (QED) is 0.716. The molecule has 7 heteroatoms. The number of benzene rings is 2. The number of hydrogen-bond acceptors (Lipinski definition) is 3. The highest BCUT2D eigenvalue weighted by molar-refractivity contribution is 6.13. The maximum atomic E-state index is 14.2. The summed E-state index contributed by atoms with van der Waals surface area (Å²) < 4.78 is 15.9. The third-order valence-electron chi connectivity index (χ3n) is 6.10. The summed E-state index contributed by atoms with van der Waals surface area (Å²) in [5.41, 5.74) is 3.05. The van der Waals surface area contributed by atoms with Gasteiger partial charge in [-0.05, 0) is 60.2 Å². The second kappa shape index (κ2) is 6.52. The van der Waals surface area contributed by atoms with E-state index in [0.29, 0.717) is 24.2 Å². The number of fused-ring (bicyclic) bond motifs is 3. The second-order valence-electron chi connectivity index (χ2n) is 7.99. The first-order valence-electron chi connectivity index (χ1n) is 9.95.